The zero-order valence-corrected chi connectivity index (χ0v) is 12.5. The van der Waals surface area contributed by atoms with E-state index in [4.69, 9.17) is 9.72 Å². The first-order valence-corrected chi connectivity index (χ1v) is 7.31. The molecule has 3 heteroatoms. The van der Waals surface area contributed by atoms with Crippen LogP contribution in [0.3, 0.4) is 0 Å². The van der Waals surface area contributed by atoms with Crippen LogP contribution >= 0.6 is 0 Å². The molecular weight excluding hydrogens is 260 g/mol. The lowest BCUT2D eigenvalue weighted by Crippen LogP contribution is -2.04. The van der Waals surface area contributed by atoms with E-state index in [-0.39, 0.29) is 0 Å². The minimum atomic E-state index is 0.764. The lowest BCUT2D eigenvalue weighted by Gasteiger charge is -2.10. The topological polar surface area (TPSA) is 27.1 Å². The fraction of sp³-hybridized carbons (Fsp3) is 0.278. The monoisotopic (exact) mass is 280 g/mol. The van der Waals surface area contributed by atoms with Crippen LogP contribution in [0.5, 0.6) is 0 Å². The van der Waals surface area contributed by atoms with Crippen molar-refractivity contribution in [2.24, 2.45) is 0 Å². The lowest BCUT2D eigenvalue weighted by atomic mass is 10.1. The highest BCUT2D eigenvalue weighted by atomic mass is 16.5. The number of imidazole rings is 1. The van der Waals surface area contributed by atoms with Gasteiger partial charge in [0.15, 0.2) is 0 Å². The summed E-state index contributed by atoms with van der Waals surface area (Å²) in [5.74, 6) is 1.05. The number of benzene rings is 2. The van der Waals surface area contributed by atoms with Gasteiger partial charge < -0.3 is 9.30 Å². The van der Waals surface area contributed by atoms with E-state index in [0.717, 1.165) is 30.9 Å². The van der Waals surface area contributed by atoms with E-state index >= 15 is 0 Å². The third-order valence-corrected chi connectivity index (χ3v) is 3.77. The maximum absolute atomic E-state index is 5.19. The number of nitrogens with zero attached hydrogens (tertiary/aromatic N) is 2. The van der Waals surface area contributed by atoms with Crippen LogP contribution in [-0.2, 0) is 11.3 Å². The minimum absolute atomic E-state index is 0.764. The van der Waals surface area contributed by atoms with Gasteiger partial charge in [0.05, 0.1) is 11.0 Å². The normalized spacial score (nSPS) is 11.1. The van der Waals surface area contributed by atoms with E-state index in [0.29, 0.717) is 0 Å². The number of para-hydroxylation sites is 2. The van der Waals surface area contributed by atoms with E-state index in [1.165, 1.54) is 16.6 Å². The van der Waals surface area contributed by atoms with Crippen LogP contribution in [0.25, 0.3) is 22.4 Å². The van der Waals surface area contributed by atoms with Crippen molar-refractivity contribution in [1.29, 1.82) is 0 Å². The van der Waals surface area contributed by atoms with Crippen molar-refractivity contribution < 1.29 is 4.74 Å². The van der Waals surface area contributed by atoms with Gasteiger partial charge in [0.2, 0.25) is 0 Å². The molecule has 0 aliphatic carbocycles. The molecule has 3 nitrogen and oxygen atoms in total. The number of aryl methyl sites for hydroxylation is 2. The smallest absolute Gasteiger partial charge is 0.141 e. The number of methoxy groups -OCH3 is 1. The van der Waals surface area contributed by atoms with E-state index in [1.54, 1.807) is 7.11 Å². The van der Waals surface area contributed by atoms with E-state index < -0.39 is 0 Å². The second-order valence-electron chi connectivity index (χ2n) is 5.24. The Labute approximate surface area is 125 Å². The van der Waals surface area contributed by atoms with Gasteiger partial charge in [0, 0.05) is 25.8 Å². The Hall–Kier alpha value is -2.13. The highest BCUT2D eigenvalue weighted by Crippen LogP contribution is 2.27. The molecule has 0 saturated heterocycles. The number of rotatable bonds is 5. The molecule has 0 N–H and O–H groups in total. The van der Waals surface area contributed by atoms with Crippen LogP contribution in [0.4, 0.5) is 0 Å². The Kier molecular flexibility index (Phi) is 4.02. The van der Waals surface area contributed by atoms with Gasteiger partial charge in [-0.15, -0.1) is 0 Å². The minimum Gasteiger partial charge on any atom is -0.385 e. The van der Waals surface area contributed by atoms with Gasteiger partial charge in [-0.05, 0) is 31.0 Å². The molecule has 0 unspecified atom stereocenters. The number of aromatic nitrogens is 2. The molecule has 0 aliphatic heterocycles. The summed E-state index contributed by atoms with van der Waals surface area (Å²) in [7, 11) is 1.74. The summed E-state index contributed by atoms with van der Waals surface area (Å²) in [6.45, 7) is 3.81. The first kappa shape index (κ1) is 13.8. The fourth-order valence-corrected chi connectivity index (χ4v) is 2.70. The third-order valence-electron chi connectivity index (χ3n) is 3.77. The summed E-state index contributed by atoms with van der Waals surface area (Å²) >= 11 is 0. The summed E-state index contributed by atoms with van der Waals surface area (Å²) in [5, 5.41) is 0. The maximum Gasteiger partial charge on any atom is 0.141 e. The average molecular weight is 280 g/mol. The van der Waals surface area contributed by atoms with Gasteiger partial charge in [0.25, 0.3) is 0 Å². The van der Waals surface area contributed by atoms with Crippen LogP contribution in [0.1, 0.15) is 12.0 Å². The Morgan fingerprint density at radius 3 is 2.62 bits per heavy atom. The van der Waals surface area contributed by atoms with Gasteiger partial charge in [-0.2, -0.15) is 0 Å². The molecule has 0 aliphatic rings. The fourth-order valence-electron chi connectivity index (χ4n) is 2.70. The Balaban J connectivity index is 2.12. The molecule has 0 bridgehead atoms. The summed E-state index contributed by atoms with van der Waals surface area (Å²) in [6.07, 6.45) is 0.982. The molecule has 0 amide bonds. The van der Waals surface area contributed by atoms with E-state index in [9.17, 15) is 0 Å². The highest BCUT2D eigenvalue weighted by molar-refractivity contribution is 5.81. The summed E-state index contributed by atoms with van der Waals surface area (Å²) in [6, 6.07) is 16.7. The zero-order chi connectivity index (χ0) is 14.7. The van der Waals surface area contributed by atoms with Gasteiger partial charge in [-0.1, -0.05) is 36.4 Å². The van der Waals surface area contributed by atoms with Crippen molar-refractivity contribution in [2.45, 2.75) is 19.9 Å². The van der Waals surface area contributed by atoms with Gasteiger partial charge >= 0.3 is 0 Å². The van der Waals surface area contributed by atoms with Gasteiger partial charge in [-0.25, -0.2) is 4.98 Å². The quantitative estimate of drug-likeness (QED) is 0.659. The molecule has 1 heterocycles. The molecule has 0 radical (unpaired) electrons. The Morgan fingerprint density at radius 2 is 1.81 bits per heavy atom. The second kappa shape index (κ2) is 6.10. The van der Waals surface area contributed by atoms with Crippen LogP contribution in [0.15, 0.2) is 48.5 Å². The predicted molar refractivity (Wildman–Crippen MR) is 86.4 cm³/mol. The first-order chi connectivity index (χ1) is 10.3. The molecule has 108 valence electrons. The molecule has 0 saturated carbocycles. The molecule has 21 heavy (non-hydrogen) atoms. The predicted octanol–water partition coefficient (Wildman–Crippen LogP) is 4.05. The standard InChI is InChI=1S/C18H20N2O/c1-14-8-3-4-9-15(14)18-19-16-10-5-6-11-17(16)20(18)12-7-13-21-2/h3-6,8-11H,7,12-13H2,1-2H3. The largest absolute Gasteiger partial charge is 0.385 e. The molecule has 0 spiro atoms. The Bertz CT molecular complexity index is 746. The number of hydrogen-bond acceptors (Lipinski definition) is 2. The van der Waals surface area contributed by atoms with Crippen molar-refractivity contribution >= 4 is 11.0 Å². The van der Waals surface area contributed by atoms with E-state index in [2.05, 4.69) is 54.0 Å². The van der Waals surface area contributed by atoms with Crippen molar-refractivity contribution in [3.8, 4) is 11.4 Å². The van der Waals surface area contributed by atoms with Crippen LogP contribution in [-0.4, -0.2) is 23.3 Å². The van der Waals surface area contributed by atoms with Gasteiger partial charge in [0.1, 0.15) is 5.82 Å². The summed E-state index contributed by atoms with van der Waals surface area (Å²) in [5.41, 5.74) is 4.69. The number of ether oxygens (including phenoxy) is 1. The molecule has 0 atom stereocenters. The molecule has 3 aromatic rings. The molecular formula is C18H20N2O. The lowest BCUT2D eigenvalue weighted by molar-refractivity contribution is 0.191. The summed E-state index contributed by atoms with van der Waals surface area (Å²) < 4.78 is 7.49. The molecule has 0 fully saturated rings. The van der Waals surface area contributed by atoms with Crippen LogP contribution < -0.4 is 0 Å². The average Bonchev–Trinajstić information content (AvgIpc) is 2.87. The number of hydrogen-bond donors (Lipinski definition) is 0. The van der Waals surface area contributed by atoms with Crippen LogP contribution in [0, 0.1) is 6.92 Å². The van der Waals surface area contributed by atoms with Crippen molar-refractivity contribution in [2.75, 3.05) is 13.7 Å². The second-order valence-corrected chi connectivity index (χ2v) is 5.24. The summed E-state index contributed by atoms with van der Waals surface area (Å²) in [4.78, 5) is 4.84. The van der Waals surface area contributed by atoms with Crippen molar-refractivity contribution in [1.82, 2.24) is 9.55 Å². The van der Waals surface area contributed by atoms with Crippen molar-refractivity contribution in [3.05, 3.63) is 54.1 Å². The maximum atomic E-state index is 5.19. The number of fused-ring (bicyclic) bond motifs is 1. The van der Waals surface area contributed by atoms with E-state index in [1.807, 2.05) is 6.07 Å². The SMILES string of the molecule is COCCCn1c(-c2ccccc2C)nc2ccccc21. The van der Waals surface area contributed by atoms with Crippen molar-refractivity contribution in [3.63, 3.8) is 0 Å². The molecule has 1 aromatic heterocycles. The highest BCUT2D eigenvalue weighted by Gasteiger charge is 2.13. The zero-order valence-electron chi connectivity index (χ0n) is 12.5. The Morgan fingerprint density at radius 1 is 1.05 bits per heavy atom. The van der Waals surface area contributed by atoms with Gasteiger partial charge in [-0.3, -0.25) is 0 Å². The molecule has 3 rings (SSSR count). The molecule has 2 aromatic carbocycles. The van der Waals surface area contributed by atoms with Crippen LogP contribution in [0.2, 0.25) is 0 Å². The first-order valence-electron chi connectivity index (χ1n) is 7.31. The third kappa shape index (κ3) is 2.69.